The van der Waals surface area contributed by atoms with Gasteiger partial charge >= 0.3 is 12.2 Å². The largest absolute Gasteiger partial charge is 0.455 e. The number of nitrogens with one attached hydrogen (secondary N) is 3. The molecule has 1 aromatic carbocycles. The Morgan fingerprint density at radius 1 is 1.20 bits per heavy atom. The molecule has 2 atom stereocenters. The molecular formula is C19H19F5N6O4S. The highest BCUT2D eigenvalue weighted by molar-refractivity contribution is 7.89. The summed E-state index contributed by atoms with van der Waals surface area (Å²) in [4.78, 5) is 19.9. The number of furan rings is 1. The number of carbonyl (C=O) groups is 1. The van der Waals surface area contributed by atoms with Crippen molar-refractivity contribution in [1.82, 2.24) is 15.3 Å². The maximum atomic E-state index is 14.0. The van der Waals surface area contributed by atoms with E-state index in [9.17, 15) is 35.2 Å². The summed E-state index contributed by atoms with van der Waals surface area (Å²) in [6.45, 7) is 2.68. The molecule has 0 saturated carbocycles. The molecule has 0 fully saturated rings. The third-order valence-electron chi connectivity index (χ3n) is 4.63. The summed E-state index contributed by atoms with van der Waals surface area (Å²) >= 11 is 0. The molecule has 0 saturated heterocycles. The van der Waals surface area contributed by atoms with E-state index in [1.54, 1.807) is 5.32 Å². The number of nitrogens with two attached hydrogens (primary N) is 1. The molecule has 0 bridgehead atoms. The normalized spacial score (nSPS) is 13.9. The number of hydrogen-bond donors (Lipinski definition) is 4. The summed E-state index contributed by atoms with van der Waals surface area (Å²) < 4.78 is 95.9. The minimum atomic E-state index is -5.05. The van der Waals surface area contributed by atoms with Gasteiger partial charge in [0.1, 0.15) is 11.6 Å². The van der Waals surface area contributed by atoms with Gasteiger partial charge in [0.15, 0.2) is 17.4 Å². The van der Waals surface area contributed by atoms with Gasteiger partial charge in [0.2, 0.25) is 16.0 Å². The predicted octanol–water partition coefficient (Wildman–Crippen LogP) is 3.32. The molecule has 3 rings (SSSR count). The number of aromatic nitrogens is 2. The van der Waals surface area contributed by atoms with Gasteiger partial charge in [-0.25, -0.2) is 37.1 Å². The van der Waals surface area contributed by atoms with Crippen LogP contribution in [0.3, 0.4) is 0 Å². The smallest absolute Gasteiger partial charge is 0.416 e. The molecule has 2 amide bonds. The zero-order valence-corrected chi connectivity index (χ0v) is 18.9. The number of carbonyl (C=O) groups excluding carboxylic acids is 1. The fraction of sp³-hybridized carbons (Fsp3) is 0.316. The SMILES string of the molecule is Cc1c([C@@H](NC(=O)Nc2cnc(N[C@@H](C)CS(N)(=O)=O)nc2)C(F)(F)F)oc2c(F)cc(F)cc12. The van der Waals surface area contributed by atoms with E-state index in [0.717, 1.165) is 18.5 Å². The lowest BCUT2D eigenvalue weighted by Gasteiger charge is -2.20. The van der Waals surface area contributed by atoms with Crippen LogP contribution in [-0.2, 0) is 10.0 Å². The molecule has 0 unspecified atom stereocenters. The quantitative estimate of drug-likeness (QED) is 0.347. The molecule has 2 aromatic heterocycles. The van der Waals surface area contributed by atoms with Gasteiger partial charge in [-0.3, -0.25) is 0 Å². The highest BCUT2D eigenvalue weighted by atomic mass is 32.2. The van der Waals surface area contributed by atoms with Crippen LogP contribution in [0, 0.1) is 18.6 Å². The molecular weight excluding hydrogens is 503 g/mol. The van der Waals surface area contributed by atoms with Crippen molar-refractivity contribution in [1.29, 1.82) is 0 Å². The Kier molecular flexibility index (Phi) is 7.16. The van der Waals surface area contributed by atoms with Crippen LogP contribution >= 0.6 is 0 Å². The molecule has 35 heavy (non-hydrogen) atoms. The molecule has 0 spiro atoms. The van der Waals surface area contributed by atoms with E-state index >= 15 is 0 Å². The summed E-state index contributed by atoms with van der Waals surface area (Å²) in [5.74, 6) is -3.44. The lowest BCUT2D eigenvalue weighted by atomic mass is 10.1. The Bertz CT molecular complexity index is 1340. The second-order valence-corrected chi connectivity index (χ2v) is 9.26. The predicted molar refractivity (Wildman–Crippen MR) is 115 cm³/mol. The van der Waals surface area contributed by atoms with E-state index in [0.29, 0.717) is 6.07 Å². The molecule has 3 aromatic rings. The maximum absolute atomic E-state index is 14.0. The number of anilines is 2. The molecule has 190 valence electrons. The molecule has 2 heterocycles. The lowest BCUT2D eigenvalue weighted by molar-refractivity contribution is -0.158. The Morgan fingerprint density at radius 3 is 2.40 bits per heavy atom. The molecule has 0 radical (unpaired) electrons. The van der Waals surface area contributed by atoms with Gasteiger partial charge in [0.25, 0.3) is 0 Å². The molecule has 0 aliphatic heterocycles. The van der Waals surface area contributed by atoms with E-state index in [4.69, 9.17) is 9.56 Å². The Hall–Kier alpha value is -3.53. The van der Waals surface area contributed by atoms with E-state index in [2.05, 4.69) is 20.6 Å². The number of hydrogen-bond acceptors (Lipinski definition) is 7. The number of sulfonamides is 1. The van der Waals surface area contributed by atoms with Crippen LogP contribution in [0.2, 0.25) is 0 Å². The van der Waals surface area contributed by atoms with Crippen LogP contribution < -0.4 is 21.1 Å². The third kappa shape index (κ3) is 6.54. The average Bonchev–Trinajstić information content (AvgIpc) is 3.02. The van der Waals surface area contributed by atoms with Gasteiger partial charge in [-0.2, -0.15) is 13.2 Å². The number of amides is 2. The summed E-state index contributed by atoms with van der Waals surface area (Å²) in [7, 11) is -3.75. The van der Waals surface area contributed by atoms with Crippen LogP contribution in [0.1, 0.15) is 24.3 Å². The van der Waals surface area contributed by atoms with Crippen LogP contribution in [0.15, 0.2) is 28.9 Å². The standard InChI is InChI=1S/C19H19F5N6O4S/c1-8(7-35(25,32)33)28-17-26-5-11(6-27-17)29-18(31)30-16(19(22,23)24)14-9(2)12-3-10(20)4-13(21)15(12)34-14/h3-6,8,16H,7H2,1-2H3,(H2,25,32,33)(H,26,27,28)(H2,29,30,31)/t8-,16+/m0/s1. The van der Waals surface area contributed by atoms with E-state index < -0.39 is 63.0 Å². The second kappa shape index (κ2) is 9.61. The van der Waals surface area contributed by atoms with Gasteiger partial charge in [-0.1, -0.05) is 0 Å². The van der Waals surface area contributed by atoms with Gasteiger partial charge in [0, 0.05) is 23.1 Å². The van der Waals surface area contributed by atoms with Crippen molar-refractivity contribution in [2.45, 2.75) is 32.1 Å². The van der Waals surface area contributed by atoms with Gasteiger partial charge in [0.05, 0.1) is 23.8 Å². The van der Waals surface area contributed by atoms with Crippen molar-refractivity contribution < 1.29 is 39.6 Å². The number of fused-ring (bicyclic) bond motifs is 1. The number of alkyl halides is 3. The summed E-state index contributed by atoms with van der Waals surface area (Å²) in [5.41, 5.74) is -0.876. The summed E-state index contributed by atoms with van der Waals surface area (Å²) in [5, 5.41) is 11.2. The minimum Gasteiger partial charge on any atom is -0.455 e. The van der Waals surface area contributed by atoms with Crippen molar-refractivity contribution in [2.24, 2.45) is 5.14 Å². The van der Waals surface area contributed by atoms with E-state index in [-0.39, 0.29) is 22.6 Å². The Labute approximate surface area is 195 Å². The molecule has 16 heteroatoms. The van der Waals surface area contributed by atoms with E-state index in [1.165, 1.54) is 13.8 Å². The van der Waals surface area contributed by atoms with Crippen molar-refractivity contribution in [3.05, 3.63) is 47.5 Å². The Morgan fingerprint density at radius 2 is 1.83 bits per heavy atom. The fourth-order valence-electron chi connectivity index (χ4n) is 3.21. The third-order valence-corrected chi connectivity index (χ3v) is 5.59. The first kappa shape index (κ1) is 26.1. The van der Waals surface area contributed by atoms with Crippen molar-refractivity contribution >= 4 is 38.7 Å². The first-order valence-electron chi connectivity index (χ1n) is 9.75. The molecule has 10 nitrogen and oxygen atoms in total. The minimum absolute atomic E-state index is 0.0209. The Balaban J connectivity index is 1.75. The number of rotatable bonds is 7. The highest BCUT2D eigenvalue weighted by Gasteiger charge is 2.45. The van der Waals surface area contributed by atoms with Gasteiger partial charge in [-0.15, -0.1) is 0 Å². The number of urea groups is 1. The van der Waals surface area contributed by atoms with Crippen molar-refractivity contribution in [2.75, 3.05) is 16.4 Å². The van der Waals surface area contributed by atoms with Gasteiger partial charge in [-0.05, 0) is 19.9 Å². The van der Waals surface area contributed by atoms with Crippen LogP contribution in [0.5, 0.6) is 0 Å². The zero-order valence-electron chi connectivity index (χ0n) is 18.1. The van der Waals surface area contributed by atoms with Gasteiger partial charge < -0.3 is 20.4 Å². The second-order valence-electron chi connectivity index (χ2n) is 7.60. The van der Waals surface area contributed by atoms with E-state index in [1.807, 2.05) is 0 Å². The van der Waals surface area contributed by atoms with Crippen LogP contribution in [0.25, 0.3) is 11.0 Å². The molecule has 0 aliphatic rings. The molecule has 0 aliphatic carbocycles. The fourth-order valence-corrected chi connectivity index (χ4v) is 3.99. The average molecular weight is 522 g/mol. The lowest BCUT2D eigenvalue weighted by Crippen LogP contribution is -2.40. The number of halogens is 5. The summed E-state index contributed by atoms with van der Waals surface area (Å²) in [6, 6.07) is -3.36. The number of primary sulfonamides is 1. The van der Waals surface area contributed by atoms with Crippen LogP contribution in [-0.4, -0.2) is 42.4 Å². The van der Waals surface area contributed by atoms with Crippen molar-refractivity contribution in [3.8, 4) is 0 Å². The first-order valence-corrected chi connectivity index (χ1v) is 11.5. The summed E-state index contributed by atoms with van der Waals surface area (Å²) in [6.07, 6.45) is -2.92. The topological polar surface area (TPSA) is 152 Å². The number of aryl methyl sites for hydroxylation is 1. The number of benzene rings is 1. The molecule has 5 N–H and O–H groups in total. The number of nitrogens with zero attached hydrogens (tertiary/aromatic N) is 2. The highest BCUT2D eigenvalue weighted by Crippen LogP contribution is 2.39. The van der Waals surface area contributed by atoms with Crippen LogP contribution in [0.4, 0.5) is 38.4 Å². The first-order chi connectivity index (χ1) is 16.1. The zero-order chi connectivity index (χ0) is 26.1. The monoisotopic (exact) mass is 522 g/mol. The van der Waals surface area contributed by atoms with Crippen molar-refractivity contribution in [3.63, 3.8) is 0 Å². The maximum Gasteiger partial charge on any atom is 0.416 e.